The van der Waals surface area contributed by atoms with Crippen LogP contribution in [0.3, 0.4) is 0 Å². The van der Waals surface area contributed by atoms with Gasteiger partial charge < -0.3 is 5.73 Å². The second-order valence-electron chi connectivity index (χ2n) is 5.40. The number of hydrogen-bond acceptors (Lipinski definition) is 1. The number of hydrogen-bond donors (Lipinski definition) is 1. The molecular formula is C14H18BrN. The van der Waals surface area contributed by atoms with Gasteiger partial charge in [0.2, 0.25) is 0 Å². The predicted octanol–water partition coefficient (Wildman–Crippen LogP) is 3.81. The molecule has 2 fully saturated rings. The minimum Gasteiger partial charge on any atom is -0.321 e. The maximum atomic E-state index is 6.53. The van der Waals surface area contributed by atoms with Crippen LogP contribution < -0.4 is 5.73 Å². The third-order valence-electron chi connectivity index (χ3n) is 4.41. The van der Waals surface area contributed by atoms with Crippen LogP contribution in [-0.4, -0.2) is 0 Å². The Bertz CT molecular complexity index is 380. The van der Waals surface area contributed by atoms with Gasteiger partial charge in [-0.1, -0.05) is 53.7 Å². The molecule has 2 unspecified atom stereocenters. The Labute approximate surface area is 106 Å². The summed E-state index contributed by atoms with van der Waals surface area (Å²) in [6, 6.07) is 8.57. The van der Waals surface area contributed by atoms with Gasteiger partial charge in [0.1, 0.15) is 0 Å². The van der Waals surface area contributed by atoms with Gasteiger partial charge in [-0.3, -0.25) is 0 Å². The van der Waals surface area contributed by atoms with Gasteiger partial charge in [-0.2, -0.15) is 0 Å². The lowest BCUT2D eigenvalue weighted by molar-refractivity contribution is 0.428. The summed E-state index contributed by atoms with van der Waals surface area (Å²) < 4.78 is 1.14. The standard InChI is InChI=1S/C14H18BrN/c15-12-7-5-11(6-8-12)14(16)9-13(14)10-3-1-2-4-10/h5-8,10,13H,1-4,9,16H2. The molecule has 2 atom stereocenters. The molecular weight excluding hydrogens is 262 g/mol. The Morgan fingerprint density at radius 3 is 2.38 bits per heavy atom. The molecule has 0 radical (unpaired) electrons. The van der Waals surface area contributed by atoms with E-state index >= 15 is 0 Å². The SMILES string of the molecule is NC1(c2ccc(Br)cc2)CC1C1CCCC1. The highest BCUT2D eigenvalue weighted by Gasteiger charge is 2.55. The van der Waals surface area contributed by atoms with Crippen molar-refractivity contribution in [2.75, 3.05) is 0 Å². The molecule has 2 heteroatoms. The summed E-state index contributed by atoms with van der Waals surface area (Å²) in [5, 5.41) is 0. The van der Waals surface area contributed by atoms with Crippen molar-refractivity contribution >= 4 is 15.9 Å². The highest BCUT2D eigenvalue weighted by molar-refractivity contribution is 9.10. The van der Waals surface area contributed by atoms with E-state index in [1.54, 1.807) is 0 Å². The molecule has 1 aromatic rings. The molecule has 0 saturated heterocycles. The first-order valence-corrected chi connectivity index (χ1v) is 7.04. The van der Waals surface area contributed by atoms with Crippen LogP contribution in [-0.2, 0) is 5.54 Å². The molecule has 1 nitrogen and oxygen atoms in total. The zero-order chi connectivity index (χ0) is 11.2. The summed E-state index contributed by atoms with van der Waals surface area (Å²) in [6.45, 7) is 0. The predicted molar refractivity (Wildman–Crippen MR) is 70.1 cm³/mol. The van der Waals surface area contributed by atoms with E-state index in [2.05, 4.69) is 40.2 Å². The Hall–Kier alpha value is -0.340. The lowest BCUT2D eigenvalue weighted by Crippen LogP contribution is -2.24. The van der Waals surface area contributed by atoms with Crippen molar-refractivity contribution in [3.05, 3.63) is 34.3 Å². The van der Waals surface area contributed by atoms with E-state index in [0.29, 0.717) is 0 Å². The highest BCUT2D eigenvalue weighted by atomic mass is 79.9. The topological polar surface area (TPSA) is 26.0 Å². The summed E-state index contributed by atoms with van der Waals surface area (Å²) in [5.41, 5.74) is 7.85. The molecule has 1 aromatic carbocycles. The summed E-state index contributed by atoms with van der Waals surface area (Å²) in [4.78, 5) is 0. The molecule has 2 N–H and O–H groups in total. The fourth-order valence-corrected chi connectivity index (χ4v) is 3.61. The van der Waals surface area contributed by atoms with Crippen LogP contribution in [0.5, 0.6) is 0 Å². The highest BCUT2D eigenvalue weighted by Crippen LogP contribution is 2.57. The third-order valence-corrected chi connectivity index (χ3v) is 4.94. The van der Waals surface area contributed by atoms with Crippen LogP contribution in [0.25, 0.3) is 0 Å². The second-order valence-corrected chi connectivity index (χ2v) is 6.32. The number of rotatable bonds is 2. The Morgan fingerprint density at radius 2 is 1.75 bits per heavy atom. The molecule has 2 aliphatic rings. The zero-order valence-corrected chi connectivity index (χ0v) is 11.0. The largest absolute Gasteiger partial charge is 0.321 e. The van der Waals surface area contributed by atoms with Crippen molar-refractivity contribution < 1.29 is 0 Å². The molecule has 0 amide bonds. The van der Waals surface area contributed by atoms with Crippen molar-refractivity contribution in [2.45, 2.75) is 37.6 Å². The summed E-state index contributed by atoms with van der Waals surface area (Å²) in [7, 11) is 0. The summed E-state index contributed by atoms with van der Waals surface area (Å²) >= 11 is 3.47. The number of nitrogens with two attached hydrogens (primary N) is 1. The average molecular weight is 280 g/mol. The van der Waals surface area contributed by atoms with E-state index in [-0.39, 0.29) is 5.54 Å². The Kier molecular flexibility index (Phi) is 2.60. The minimum absolute atomic E-state index is 0.00426. The Morgan fingerprint density at radius 1 is 1.12 bits per heavy atom. The van der Waals surface area contributed by atoms with Crippen LogP contribution >= 0.6 is 15.9 Å². The fourth-order valence-electron chi connectivity index (χ4n) is 3.34. The van der Waals surface area contributed by atoms with Crippen LogP contribution in [0, 0.1) is 11.8 Å². The minimum atomic E-state index is -0.00426. The monoisotopic (exact) mass is 279 g/mol. The van der Waals surface area contributed by atoms with Gasteiger partial charge in [-0.25, -0.2) is 0 Å². The smallest absolute Gasteiger partial charge is 0.0445 e. The van der Waals surface area contributed by atoms with Crippen molar-refractivity contribution in [2.24, 2.45) is 17.6 Å². The molecule has 3 rings (SSSR count). The molecule has 0 heterocycles. The molecule has 16 heavy (non-hydrogen) atoms. The Balaban J connectivity index is 1.78. The van der Waals surface area contributed by atoms with E-state index in [4.69, 9.17) is 5.73 Å². The first kappa shape index (κ1) is 10.8. The van der Waals surface area contributed by atoms with Crippen LogP contribution in [0.2, 0.25) is 0 Å². The van der Waals surface area contributed by atoms with E-state index in [0.717, 1.165) is 16.3 Å². The number of benzene rings is 1. The summed E-state index contributed by atoms with van der Waals surface area (Å²) in [6.07, 6.45) is 6.83. The number of halogens is 1. The van der Waals surface area contributed by atoms with E-state index < -0.39 is 0 Å². The molecule has 0 bridgehead atoms. The van der Waals surface area contributed by atoms with Crippen molar-refractivity contribution in [3.63, 3.8) is 0 Å². The average Bonchev–Trinajstić information content (AvgIpc) is 2.77. The quantitative estimate of drug-likeness (QED) is 0.875. The van der Waals surface area contributed by atoms with Gasteiger partial charge in [0.25, 0.3) is 0 Å². The van der Waals surface area contributed by atoms with Gasteiger partial charge in [-0.15, -0.1) is 0 Å². The van der Waals surface area contributed by atoms with Crippen molar-refractivity contribution in [1.29, 1.82) is 0 Å². The van der Waals surface area contributed by atoms with Gasteiger partial charge in [-0.05, 0) is 36.0 Å². The van der Waals surface area contributed by atoms with Crippen molar-refractivity contribution in [1.82, 2.24) is 0 Å². The van der Waals surface area contributed by atoms with E-state index in [1.165, 1.54) is 37.7 Å². The third kappa shape index (κ3) is 1.72. The maximum absolute atomic E-state index is 6.53. The first-order valence-electron chi connectivity index (χ1n) is 6.25. The van der Waals surface area contributed by atoms with Crippen LogP contribution in [0.15, 0.2) is 28.7 Å². The first-order chi connectivity index (χ1) is 7.70. The van der Waals surface area contributed by atoms with E-state index in [1.807, 2.05) is 0 Å². The lowest BCUT2D eigenvalue weighted by atomic mass is 9.94. The fraction of sp³-hybridized carbons (Fsp3) is 0.571. The molecule has 2 saturated carbocycles. The molecule has 0 spiro atoms. The van der Waals surface area contributed by atoms with Crippen LogP contribution in [0.4, 0.5) is 0 Å². The van der Waals surface area contributed by atoms with Gasteiger partial charge in [0.05, 0.1) is 0 Å². The molecule has 86 valence electrons. The summed E-state index contributed by atoms with van der Waals surface area (Å²) in [5.74, 6) is 1.64. The lowest BCUT2D eigenvalue weighted by Gasteiger charge is -2.16. The molecule has 0 aromatic heterocycles. The van der Waals surface area contributed by atoms with E-state index in [9.17, 15) is 0 Å². The second kappa shape index (κ2) is 3.85. The van der Waals surface area contributed by atoms with Crippen molar-refractivity contribution in [3.8, 4) is 0 Å². The van der Waals surface area contributed by atoms with Gasteiger partial charge >= 0.3 is 0 Å². The zero-order valence-electron chi connectivity index (χ0n) is 9.45. The molecule has 0 aliphatic heterocycles. The van der Waals surface area contributed by atoms with Gasteiger partial charge in [0.15, 0.2) is 0 Å². The maximum Gasteiger partial charge on any atom is 0.0445 e. The normalized spacial score (nSPS) is 34.2. The van der Waals surface area contributed by atoms with Gasteiger partial charge in [0, 0.05) is 10.0 Å². The van der Waals surface area contributed by atoms with Crippen LogP contribution in [0.1, 0.15) is 37.7 Å². The molecule has 2 aliphatic carbocycles.